The Balaban J connectivity index is 1.53. The van der Waals surface area contributed by atoms with Crippen LogP contribution in [-0.4, -0.2) is 14.2 Å². The standard InChI is InChI=1S/C28H22ClFO3S/c29-28-14-9-21(17-26(31)16-20-5-2-1-3-6-20)15-24(28)19-34(32,33)27-8-4-7-23(18-27)22-10-12-25(30)13-11-22/h1-15,18H,16-17,19H2. The van der Waals surface area contributed by atoms with Crippen LogP contribution in [0.15, 0.2) is 102 Å². The summed E-state index contributed by atoms with van der Waals surface area (Å²) in [4.78, 5) is 12.7. The zero-order valence-electron chi connectivity index (χ0n) is 18.2. The Bertz CT molecular complexity index is 1420. The predicted molar refractivity (Wildman–Crippen MR) is 133 cm³/mol. The summed E-state index contributed by atoms with van der Waals surface area (Å²) < 4.78 is 39.6. The van der Waals surface area contributed by atoms with Crippen molar-refractivity contribution in [3.63, 3.8) is 0 Å². The summed E-state index contributed by atoms with van der Waals surface area (Å²) in [6.45, 7) is 0. The molecule has 34 heavy (non-hydrogen) atoms. The second-order valence-corrected chi connectivity index (χ2v) is 10.5. The van der Waals surface area contributed by atoms with Gasteiger partial charge in [-0.2, -0.15) is 0 Å². The Morgan fingerprint density at radius 2 is 1.44 bits per heavy atom. The number of hydrogen-bond donors (Lipinski definition) is 0. The molecule has 3 nitrogen and oxygen atoms in total. The van der Waals surface area contributed by atoms with E-state index in [1.165, 1.54) is 18.2 Å². The van der Waals surface area contributed by atoms with Gasteiger partial charge in [-0.25, -0.2) is 12.8 Å². The maximum atomic E-state index is 13.2. The van der Waals surface area contributed by atoms with Crippen molar-refractivity contribution in [3.05, 3.63) is 125 Å². The van der Waals surface area contributed by atoms with Gasteiger partial charge < -0.3 is 0 Å². The fraction of sp³-hybridized carbons (Fsp3) is 0.107. The van der Waals surface area contributed by atoms with Crippen LogP contribution in [0.5, 0.6) is 0 Å². The van der Waals surface area contributed by atoms with Crippen molar-refractivity contribution in [2.24, 2.45) is 0 Å². The minimum Gasteiger partial charge on any atom is -0.299 e. The maximum Gasteiger partial charge on any atom is 0.182 e. The maximum absolute atomic E-state index is 13.2. The second kappa shape index (κ2) is 10.3. The zero-order valence-corrected chi connectivity index (χ0v) is 19.8. The highest BCUT2D eigenvalue weighted by molar-refractivity contribution is 7.90. The molecule has 0 saturated heterocycles. The lowest BCUT2D eigenvalue weighted by atomic mass is 10.0. The number of carbonyl (C=O) groups is 1. The van der Waals surface area contributed by atoms with Gasteiger partial charge in [0.05, 0.1) is 10.6 Å². The largest absolute Gasteiger partial charge is 0.299 e. The van der Waals surface area contributed by atoms with Crippen molar-refractivity contribution in [2.75, 3.05) is 0 Å². The zero-order chi connectivity index (χ0) is 24.1. The van der Waals surface area contributed by atoms with E-state index in [2.05, 4.69) is 0 Å². The molecule has 0 unspecified atom stereocenters. The molecular weight excluding hydrogens is 471 g/mol. The molecule has 4 rings (SSSR count). The van der Waals surface area contributed by atoms with E-state index in [1.807, 2.05) is 30.3 Å². The van der Waals surface area contributed by atoms with Crippen LogP contribution in [0.4, 0.5) is 4.39 Å². The highest BCUT2D eigenvalue weighted by Crippen LogP contribution is 2.27. The van der Waals surface area contributed by atoms with E-state index in [0.717, 1.165) is 16.7 Å². The average Bonchev–Trinajstić information content (AvgIpc) is 2.82. The summed E-state index contributed by atoms with van der Waals surface area (Å²) in [5.41, 5.74) is 3.49. The third-order valence-corrected chi connectivity index (χ3v) is 7.50. The monoisotopic (exact) mass is 492 g/mol. The lowest BCUT2D eigenvalue weighted by molar-refractivity contribution is -0.117. The number of rotatable bonds is 8. The van der Waals surface area contributed by atoms with E-state index in [0.29, 0.717) is 22.6 Å². The van der Waals surface area contributed by atoms with Gasteiger partial charge >= 0.3 is 0 Å². The molecule has 6 heteroatoms. The predicted octanol–water partition coefficient (Wildman–Crippen LogP) is 6.47. The molecule has 0 atom stereocenters. The van der Waals surface area contributed by atoms with Crippen LogP contribution in [0.25, 0.3) is 11.1 Å². The summed E-state index contributed by atoms with van der Waals surface area (Å²) in [7, 11) is -3.71. The lowest BCUT2D eigenvalue weighted by Gasteiger charge is -2.10. The number of Topliss-reactive ketones (excluding diaryl/α,β-unsaturated/α-hetero) is 1. The van der Waals surface area contributed by atoms with Gasteiger partial charge in [0.25, 0.3) is 0 Å². The fourth-order valence-corrected chi connectivity index (χ4v) is 5.43. The highest BCUT2D eigenvalue weighted by Gasteiger charge is 2.19. The molecule has 0 bridgehead atoms. The van der Waals surface area contributed by atoms with Crippen molar-refractivity contribution in [3.8, 4) is 11.1 Å². The Morgan fingerprint density at radius 1 is 0.735 bits per heavy atom. The summed E-state index contributed by atoms with van der Waals surface area (Å²) in [5, 5.41) is 0.331. The molecule has 0 aliphatic heterocycles. The average molecular weight is 493 g/mol. The molecule has 0 heterocycles. The number of ketones is 1. The Morgan fingerprint density at radius 3 is 2.18 bits per heavy atom. The summed E-state index contributed by atoms with van der Waals surface area (Å²) in [6, 6.07) is 27.0. The number of carbonyl (C=O) groups excluding carboxylic acids is 1. The fourth-order valence-electron chi connectivity index (χ4n) is 3.76. The van der Waals surface area contributed by atoms with Crippen LogP contribution in [0.2, 0.25) is 5.02 Å². The molecule has 4 aromatic carbocycles. The number of benzene rings is 4. The van der Waals surface area contributed by atoms with E-state index in [-0.39, 0.29) is 28.7 Å². The van der Waals surface area contributed by atoms with Crippen LogP contribution in [-0.2, 0) is 33.2 Å². The quantitative estimate of drug-likeness (QED) is 0.283. The number of hydrogen-bond acceptors (Lipinski definition) is 3. The van der Waals surface area contributed by atoms with Crippen molar-refractivity contribution < 1.29 is 17.6 Å². The van der Waals surface area contributed by atoms with Gasteiger partial charge in [-0.15, -0.1) is 0 Å². The van der Waals surface area contributed by atoms with E-state index in [1.54, 1.807) is 48.5 Å². The SMILES string of the molecule is O=C(Cc1ccccc1)Cc1ccc(Cl)c(CS(=O)(=O)c2cccc(-c3ccc(F)cc3)c2)c1. The first-order valence-electron chi connectivity index (χ1n) is 10.7. The molecule has 172 valence electrons. The molecule has 0 radical (unpaired) electrons. The topological polar surface area (TPSA) is 51.2 Å². The van der Waals surface area contributed by atoms with Crippen LogP contribution in [0.3, 0.4) is 0 Å². The Kier molecular flexibility index (Phi) is 7.25. The van der Waals surface area contributed by atoms with Crippen LogP contribution < -0.4 is 0 Å². The molecule has 0 aromatic heterocycles. The van der Waals surface area contributed by atoms with E-state index in [9.17, 15) is 17.6 Å². The van der Waals surface area contributed by atoms with Gasteiger partial charge in [0.2, 0.25) is 0 Å². The number of sulfone groups is 1. The molecule has 0 saturated carbocycles. The van der Waals surface area contributed by atoms with E-state index >= 15 is 0 Å². The minimum absolute atomic E-state index is 0.0364. The molecule has 0 spiro atoms. The van der Waals surface area contributed by atoms with Gasteiger partial charge in [0.1, 0.15) is 11.6 Å². The number of halogens is 2. The van der Waals surface area contributed by atoms with Gasteiger partial charge in [0.15, 0.2) is 9.84 Å². The van der Waals surface area contributed by atoms with Crippen molar-refractivity contribution in [1.82, 2.24) is 0 Å². The first kappa shape index (κ1) is 23.9. The molecule has 4 aromatic rings. The summed E-state index contributed by atoms with van der Waals surface area (Å²) >= 11 is 6.31. The molecule has 0 aliphatic carbocycles. The normalized spacial score (nSPS) is 11.4. The van der Waals surface area contributed by atoms with Crippen LogP contribution in [0.1, 0.15) is 16.7 Å². The minimum atomic E-state index is -3.71. The van der Waals surface area contributed by atoms with Crippen molar-refractivity contribution in [2.45, 2.75) is 23.5 Å². The van der Waals surface area contributed by atoms with Crippen LogP contribution >= 0.6 is 11.6 Å². The summed E-state index contributed by atoms with van der Waals surface area (Å²) in [5.74, 6) is -0.613. The Hall–Kier alpha value is -3.28. The van der Waals surface area contributed by atoms with Gasteiger partial charge in [0, 0.05) is 17.9 Å². The Labute approximate surface area is 203 Å². The van der Waals surface area contributed by atoms with Crippen molar-refractivity contribution >= 4 is 27.2 Å². The van der Waals surface area contributed by atoms with Gasteiger partial charge in [-0.05, 0) is 58.1 Å². The lowest BCUT2D eigenvalue weighted by Crippen LogP contribution is -2.09. The van der Waals surface area contributed by atoms with Gasteiger partial charge in [-0.1, -0.05) is 78.3 Å². The molecular formula is C28H22ClFO3S. The second-order valence-electron chi connectivity index (χ2n) is 8.10. The molecule has 0 amide bonds. The van der Waals surface area contributed by atoms with Gasteiger partial charge in [-0.3, -0.25) is 4.79 Å². The van der Waals surface area contributed by atoms with Crippen molar-refractivity contribution in [1.29, 1.82) is 0 Å². The molecule has 0 N–H and O–H groups in total. The first-order chi connectivity index (χ1) is 16.3. The smallest absolute Gasteiger partial charge is 0.182 e. The van der Waals surface area contributed by atoms with E-state index < -0.39 is 9.84 Å². The van der Waals surface area contributed by atoms with E-state index in [4.69, 9.17) is 11.6 Å². The summed E-state index contributed by atoms with van der Waals surface area (Å²) in [6.07, 6.45) is 0.506. The molecule has 0 aliphatic rings. The third-order valence-electron chi connectivity index (χ3n) is 5.47. The third kappa shape index (κ3) is 5.99. The highest BCUT2D eigenvalue weighted by atomic mass is 35.5. The molecule has 0 fully saturated rings. The first-order valence-corrected chi connectivity index (χ1v) is 12.7. The van der Waals surface area contributed by atoms with Crippen LogP contribution in [0, 0.1) is 5.82 Å².